The van der Waals surface area contributed by atoms with E-state index in [0.717, 1.165) is 18.0 Å². The fraction of sp³-hybridized carbons (Fsp3) is 0.632. The summed E-state index contributed by atoms with van der Waals surface area (Å²) in [5.41, 5.74) is 0.992. The van der Waals surface area contributed by atoms with Crippen molar-refractivity contribution in [2.45, 2.75) is 45.2 Å². The van der Waals surface area contributed by atoms with Gasteiger partial charge in [-0.05, 0) is 50.4 Å². The molecule has 0 aromatic heterocycles. The maximum atomic E-state index is 12.4. The summed E-state index contributed by atoms with van der Waals surface area (Å²) in [5, 5.41) is 3.02. The molecule has 0 bridgehead atoms. The molecule has 2 rings (SSSR count). The van der Waals surface area contributed by atoms with Crippen LogP contribution in [0.1, 0.15) is 38.2 Å². The molecule has 1 atom stereocenters. The molecule has 1 aliphatic carbocycles. The highest BCUT2D eigenvalue weighted by Crippen LogP contribution is 2.27. The number of carbonyl (C=O) groups excluding carboxylic acids is 1. The van der Waals surface area contributed by atoms with E-state index in [0.29, 0.717) is 18.0 Å². The fourth-order valence-electron chi connectivity index (χ4n) is 3.29. The molecule has 1 aliphatic rings. The van der Waals surface area contributed by atoms with Crippen molar-refractivity contribution in [1.29, 1.82) is 0 Å². The molecule has 1 saturated carbocycles. The summed E-state index contributed by atoms with van der Waals surface area (Å²) in [4.78, 5) is 14.6. The molecule has 5 heteroatoms. The van der Waals surface area contributed by atoms with E-state index in [-0.39, 0.29) is 11.9 Å². The number of methoxy groups -OCH3 is 2. The van der Waals surface area contributed by atoms with Crippen LogP contribution in [0.4, 0.5) is 0 Å². The molecule has 1 unspecified atom stereocenters. The molecule has 5 nitrogen and oxygen atoms in total. The van der Waals surface area contributed by atoms with Crippen LogP contribution in [0.25, 0.3) is 0 Å². The number of nitrogens with one attached hydrogen (secondary N) is 1. The standard InChI is InChI=1S/C19H30N2O3/c1-14(21(2)13-15-7-5-6-8-15)19(22)20-12-16-9-10-17(23-3)18(11-16)24-4/h9-11,14-15H,5-8,12-13H2,1-4H3,(H,20,22). The second-order valence-corrected chi connectivity index (χ2v) is 6.67. The Morgan fingerprint density at radius 1 is 1.25 bits per heavy atom. The van der Waals surface area contributed by atoms with Gasteiger partial charge in [-0.1, -0.05) is 18.9 Å². The second kappa shape index (κ2) is 8.92. The summed E-state index contributed by atoms with van der Waals surface area (Å²) in [7, 11) is 5.26. The molecule has 1 aromatic rings. The number of amides is 1. The predicted molar refractivity (Wildman–Crippen MR) is 95.4 cm³/mol. The number of hydrogen-bond donors (Lipinski definition) is 1. The lowest BCUT2D eigenvalue weighted by Gasteiger charge is -2.26. The van der Waals surface area contributed by atoms with Crippen molar-refractivity contribution >= 4 is 5.91 Å². The van der Waals surface area contributed by atoms with Gasteiger partial charge in [0.05, 0.1) is 20.3 Å². The maximum Gasteiger partial charge on any atom is 0.237 e. The topological polar surface area (TPSA) is 50.8 Å². The third-order valence-corrected chi connectivity index (χ3v) is 4.98. The quantitative estimate of drug-likeness (QED) is 0.794. The zero-order chi connectivity index (χ0) is 17.5. The summed E-state index contributed by atoms with van der Waals surface area (Å²) in [5.74, 6) is 2.18. The summed E-state index contributed by atoms with van der Waals surface area (Å²) in [6.45, 7) is 3.46. The molecule has 0 spiro atoms. The Bertz CT molecular complexity index is 541. The first kappa shape index (κ1) is 18.6. The first-order valence-corrected chi connectivity index (χ1v) is 8.74. The highest BCUT2D eigenvalue weighted by Gasteiger charge is 2.23. The monoisotopic (exact) mass is 334 g/mol. The second-order valence-electron chi connectivity index (χ2n) is 6.67. The molecule has 0 heterocycles. The number of hydrogen-bond acceptors (Lipinski definition) is 4. The summed E-state index contributed by atoms with van der Waals surface area (Å²) < 4.78 is 10.5. The molecule has 0 radical (unpaired) electrons. The Morgan fingerprint density at radius 2 is 1.92 bits per heavy atom. The molecule has 0 aliphatic heterocycles. The van der Waals surface area contributed by atoms with Crippen LogP contribution in [0.3, 0.4) is 0 Å². The van der Waals surface area contributed by atoms with E-state index in [2.05, 4.69) is 10.2 Å². The van der Waals surface area contributed by atoms with Gasteiger partial charge in [0, 0.05) is 13.1 Å². The van der Waals surface area contributed by atoms with E-state index in [4.69, 9.17) is 9.47 Å². The van der Waals surface area contributed by atoms with Gasteiger partial charge in [-0.25, -0.2) is 0 Å². The molecule has 1 fully saturated rings. The molecular formula is C19H30N2O3. The number of ether oxygens (including phenoxy) is 2. The number of likely N-dealkylation sites (N-methyl/N-ethyl adjacent to an activating group) is 1. The Kier molecular flexibility index (Phi) is 6.91. The van der Waals surface area contributed by atoms with E-state index >= 15 is 0 Å². The SMILES string of the molecule is COc1ccc(CNC(=O)C(C)N(C)CC2CCCC2)cc1OC. The van der Waals surface area contributed by atoms with E-state index in [9.17, 15) is 4.79 Å². The normalized spacial score (nSPS) is 16.2. The van der Waals surface area contributed by atoms with Crippen molar-refractivity contribution < 1.29 is 14.3 Å². The molecule has 134 valence electrons. The van der Waals surface area contributed by atoms with Crippen LogP contribution in [0.5, 0.6) is 11.5 Å². The minimum Gasteiger partial charge on any atom is -0.493 e. The number of benzene rings is 1. The average Bonchev–Trinajstić information content (AvgIpc) is 3.11. The van der Waals surface area contributed by atoms with Crippen molar-refractivity contribution in [2.75, 3.05) is 27.8 Å². The highest BCUT2D eigenvalue weighted by molar-refractivity contribution is 5.81. The van der Waals surface area contributed by atoms with Crippen LogP contribution in [-0.4, -0.2) is 44.7 Å². The third kappa shape index (κ3) is 4.87. The molecule has 1 amide bonds. The lowest BCUT2D eigenvalue weighted by molar-refractivity contribution is -0.125. The van der Waals surface area contributed by atoms with Crippen LogP contribution >= 0.6 is 0 Å². The number of nitrogens with zero attached hydrogens (tertiary/aromatic N) is 1. The van der Waals surface area contributed by atoms with Crippen molar-refractivity contribution in [2.24, 2.45) is 5.92 Å². The Hall–Kier alpha value is -1.75. The lowest BCUT2D eigenvalue weighted by Crippen LogP contribution is -2.44. The van der Waals surface area contributed by atoms with E-state index < -0.39 is 0 Å². The minimum absolute atomic E-state index is 0.0604. The highest BCUT2D eigenvalue weighted by atomic mass is 16.5. The van der Waals surface area contributed by atoms with Crippen LogP contribution in [0, 0.1) is 5.92 Å². The van der Waals surface area contributed by atoms with Gasteiger partial charge in [0.2, 0.25) is 5.91 Å². The molecule has 1 aromatic carbocycles. The average molecular weight is 334 g/mol. The van der Waals surface area contributed by atoms with Gasteiger partial charge in [0.1, 0.15) is 0 Å². The lowest BCUT2D eigenvalue weighted by atomic mass is 10.1. The first-order chi connectivity index (χ1) is 11.5. The largest absolute Gasteiger partial charge is 0.493 e. The minimum atomic E-state index is -0.120. The van der Waals surface area contributed by atoms with E-state index in [1.54, 1.807) is 14.2 Å². The van der Waals surface area contributed by atoms with Crippen LogP contribution in [0.15, 0.2) is 18.2 Å². The van der Waals surface area contributed by atoms with E-state index in [1.807, 2.05) is 32.2 Å². The van der Waals surface area contributed by atoms with Crippen molar-refractivity contribution in [3.05, 3.63) is 23.8 Å². The Balaban J connectivity index is 1.85. The van der Waals surface area contributed by atoms with Gasteiger partial charge in [-0.3, -0.25) is 9.69 Å². The fourth-order valence-corrected chi connectivity index (χ4v) is 3.29. The molecule has 0 saturated heterocycles. The van der Waals surface area contributed by atoms with Crippen LogP contribution < -0.4 is 14.8 Å². The Labute approximate surface area is 145 Å². The van der Waals surface area contributed by atoms with Gasteiger partial charge in [-0.2, -0.15) is 0 Å². The molecule has 1 N–H and O–H groups in total. The van der Waals surface area contributed by atoms with Gasteiger partial charge in [0.15, 0.2) is 11.5 Å². The van der Waals surface area contributed by atoms with Crippen LogP contribution in [-0.2, 0) is 11.3 Å². The zero-order valence-electron chi connectivity index (χ0n) is 15.3. The first-order valence-electron chi connectivity index (χ1n) is 8.74. The number of rotatable bonds is 8. The molecule has 24 heavy (non-hydrogen) atoms. The van der Waals surface area contributed by atoms with Crippen LogP contribution in [0.2, 0.25) is 0 Å². The summed E-state index contributed by atoms with van der Waals surface area (Å²) >= 11 is 0. The maximum absolute atomic E-state index is 12.4. The van der Waals surface area contributed by atoms with Gasteiger partial charge >= 0.3 is 0 Å². The number of carbonyl (C=O) groups is 1. The predicted octanol–water partition coefficient (Wildman–Crippen LogP) is 2.83. The smallest absolute Gasteiger partial charge is 0.237 e. The van der Waals surface area contributed by atoms with Gasteiger partial charge in [-0.15, -0.1) is 0 Å². The van der Waals surface area contributed by atoms with Crippen molar-refractivity contribution in [3.8, 4) is 11.5 Å². The summed E-state index contributed by atoms with van der Waals surface area (Å²) in [6, 6.07) is 5.57. The third-order valence-electron chi connectivity index (χ3n) is 4.98. The van der Waals surface area contributed by atoms with Gasteiger partial charge in [0.25, 0.3) is 0 Å². The Morgan fingerprint density at radius 3 is 2.54 bits per heavy atom. The molecular weight excluding hydrogens is 304 g/mol. The van der Waals surface area contributed by atoms with E-state index in [1.165, 1.54) is 25.7 Å². The summed E-state index contributed by atoms with van der Waals surface area (Å²) in [6.07, 6.45) is 5.26. The van der Waals surface area contributed by atoms with Crippen molar-refractivity contribution in [1.82, 2.24) is 10.2 Å². The van der Waals surface area contributed by atoms with Crippen molar-refractivity contribution in [3.63, 3.8) is 0 Å². The zero-order valence-corrected chi connectivity index (χ0v) is 15.3. The van der Waals surface area contributed by atoms with Gasteiger partial charge < -0.3 is 14.8 Å².